The number of halogens is 2. The highest BCUT2D eigenvalue weighted by Crippen LogP contribution is 2.31. The Balaban J connectivity index is 1.50. The molecule has 7 nitrogen and oxygen atoms in total. The molecule has 0 saturated carbocycles. The average Bonchev–Trinajstić information content (AvgIpc) is 2.72. The minimum Gasteiger partial charge on any atom is -0.393 e. The van der Waals surface area contributed by atoms with E-state index in [9.17, 15) is 4.39 Å². The molecule has 1 aliphatic rings. The molecule has 0 radical (unpaired) electrons. The summed E-state index contributed by atoms with van der Waals surface area (Å²) in [7, 11) is 0. The molecule has 1 fully saturated rings. The quantitative estimate of drug-likeness (QED) is 0.651. The normalized spacial score (nSPS) is 14.2. The average molecular weight is 400 g/mol. The summed E-state index contributed by atoms with van der Waals surface area (Å²) < 4.78 is 14.0. The molecule has 0 aliphatic carbocycles. The number of para-hydroxylation sites is 1. The van der Waals surface area contributed by atoms with E-state index in [2.05, 4.69) is 25.2 Å². The molecule has 0 amide bonds. The molecule has 9 heteroatoms. The molecule has 3 N–H and O–H groups in total. The van der Waals surface area contributed by atoms with Crippen molar-refractivity contribution < 1.29 is 4.39 Å². The standard InChI is InChI=1S/C19H19ClFN7/c20-17-14(5-3-7-23-17)26-18-16(22)19(25-12-24-18)28-10-8-27(9-11-28)15-6-2-1-4-13(15)21/h1-7,12H,8-11,22H2,(H,24,25,26). The second kappa shape index (κ2) is 7.85. The molecule has 4 rings (SSSR count). The predicted octanol–water partition coefficient (Wildman–Crippen LogP) is 3.32. The molecular formula is C19H19ClFN7. The van der Waals surface area contributed by atoms with E-state index in [1.54, 1.807) is 30.5 Å². The number of aromatic nitrogens is 3. The van der Waals surface area contributed by atoms with Gasteiger partial charge in [-0.05, 0) is 24.3 Å². The fraction of sp³-hybridized carbons (Fsp3) is 0.211. The Kier molecular flexibility index (Phi) is 5.12. The minimum atomic E-state index is -0.211. The lowest BCUT2D eigenvalue weighted by Gasteiger charge is -2.37. The van der Waals surface area contributed by atoms with E-state index in [0.29, 0.717) is 60.0 Å². The number of hydrogen-bond donors (Lipinski definition) is 2. The maximum absolute atomic E-state index is 14.0. The number of hydrogen-bond acceptors (Lipinski definition) is 7. The lowest BCUT2D eigenvalue weighted by molar-refractivity contribution is 0.596. The summed E-state index contributed by atoms with van der Waals surface area (Å²) in [5.41, 5.74) is 7.98. The van der Waals surface area contributed by atoms with Crippen LogP contribution in [0.25, 0.3) is 0 Å². The smallest absolute Gasteiger partial charge is 0.159 e. The highest BCUT2D eigenvalue weighted by atomic mass is 35.5. The van der Waals surface area contributed by atoms with Crippen LogP contribution in [0.1, 0.15) is 0 Å². The molecule has 0 unspecified atom stereocenters. The van der Waals surface area contributed by atoms with Crippen molar-refractivity contribution >= 4 is 40.3 Å². The van der Waals surface area contributed by atoms with E-state index >= 15 is 0 Å². The number of pyridine rings is 1. The zero-order valence-electron chi connectivity index (χ0n) is 15.0. The van der Waals surface area contributed by atoms with Crippen molar-refractivity contribution in [1.82, 2.24) is 15.0 Å². The molecule has 0 spiro atoms. The molecule has 28 heavy (non-hydrogen) atoms. The van der Waals surface area contributed by atoms with Gasteiger partial charge >= 0.3 is 0 Å². The Labute approximate surface area is 167 Å². The summed E-state index contributed by atoms with van der Waals surface area (Å²) in [5.74, 6) is 0.902. The molecule has 3 heterocycles. The van der Waals surface area contributed by atoms with Crippen LogP contribution >= 0.6 is 11.6 Å². The van der Waals surface area contributed by atoms with Gasteiger partial charge in [0.2, 0.25) is 0 Å². The zero-order valence-corrected chi connectivity index (χ0v) is 15.8. The summed E-state index contributed by atoms with van der Waals surface area (Å²) in [5, 5.41) is 3.44. The second-order valence-electron chi connectivity index (χ2n) is 6.35. The maximum Gasteiger partial charge on any atom is 0.159 e. The molecule has 0 atom stereocenters. The molecule has 2 aromatic heterocycles. The Morgan fingerprint density at radius 3 is 2.46 bits per heavy atom. The van der Waals surface area contributed by atoms with Gasteiger partial charge in [0.05, 0.1) is 11.4 Å². The van der Waals surface area contributed by atoms with Crippen molar-refractivity contribution in [2.75, 3.05) is 47.0 Å². The second-order valence-corrected chi connectivity index (χ2v) is 6.71. The topological polar surface area (TPSA) is 83.2 Å². The predicted molar refractivity (Wildman–Crippen MR) is 110 cm³/mol. The van der Waals surface area contributed by atoms with Gasteiger partial charge in [0.25, 0.3) is 0 Å². The van der Waals surface area contributed by atoms with Gasteiger partial charge in [-0.15, -0.1) is 0 Å². The number of benzene rings is 1. The van der Waals surface area contributed by atoms with Crippen LogP contribution in [0.2, 0.25) is 5.15 Å². The van der Waals surface area contributed by atoms with Gasteiger partial charge in [0.15, 0.2) is 16.8 Å². The van der Waals surface area contributed by atoms with Gasteiger partial charge in [-0.2, -0.15) is 0 Å². The number of nitrogens with two attached hydrogens (primary N) is 1. The van der Waals surface area contributed by atoms with Gasteiger partial charge in [0.1, 0.15) is 17.8 Å². The maximum atomic E-state index is 14.0. The summed E-state index contributed by atoms with van der Waals surface area (Å²) >= 11 is 6.10. The van der Waals surface area contributed by atoms with E-state index < -0.39 is 0 Å². The first kappa shape index (κ1) is 18.2. The summed E-state index contributed by atoms with van der Waals surface area (Å²) in [6, 6.07) is 10.4. The monoisotopic (exact) mass is 399 g/mol. The largest absolute Gasteiger partial charge is 0.393 e. The van der Waals surface area contributed by atoms with Crippen molar-refractivity contribution in [3.63, 3.8) is 0 Å². The van der Waals surface area contributed by atoms with E-state index in [1.165, 1.54) is 12.4 Å². The third-order valence-corrected chi connectivity index (χ3v) is 4.95. The van der Waals surface area contributed by atoms with Crippen LogP contribution in [0, 0.1) is 5.82 Å². The molecule has 1 saturated heterocycles. The number of rotatable bonds is 4. The van der Waals surface area contributed by atoms with Crippen LogP contribution in [-0.2, 0) is 0 Å². The van der Waals surface area contributed by atoms with Crippen LogP contribution < -0.4 is 20.9 Å². The lowest BCUT2D eigenvalue weighted by atomic mass is 10.2. The van der Waals surface area contributed by atoms with Crippen LogP contribution in [0.4, 0.5) is 33.1 Å². The number of nitrogens with one attached hydrogen (secondary N) is 1. The molecule has 0 bridgehead atoms. The fourth-order valence-electron chi connectivity index (χ4n) is 3.21. The Morgan fingerprint density at radius 1 is 0.964 bits per heavy atom. The molecule has 3 aromatic rings. The van der Waals surface area contributed by atoms with Crippen molar-refractivity contribution in [3.8, 4) is 0 Å². The molecule has 1 aromatic carbocycles. The van der Waals surface area contributed by atoms with Gasteiger partial charge < -0.3 is 20.9 Å². The third kappa shape index (κ3) is 3.63. The zero-order chi connectivity index (χ0) is 19.5. The Bertz CT molecular complexity index is 976. The molecule has 144 valence electrons. The van der Waals surface area contributed by atoms with Gasteiger partial charge in [-0.3, -0.25) is 0 Å². The lowest BCUT2D eigenvalue weighted by Crippen LogP contribution is -2.47. The fourth-order valence-corrected chi connectivity index (χ4v) is 3.38. The van der Waals surface area contributed by atoms with Gasteiger partial charge in [0, 0.05) is 32.4 Å². The number of anilines is 5. The van der Waals surface area contributed by atoms with Crippen LogP contribution in [0.3, 0.4) is 0 Å². The van der Waals surface area contributed by atoms with E-state index in [4.69, 9.17) is 17.3 Å². The van der Waals surface area contributed by atoms with Gasteiger partial charge in [-0.1, -0.05) is 23.7 Å². The molecule has 1 aliphatic heterocycles. The first-order valence-electron chi connectivity index (χ1n) is 8.86. The number of nitrogens with zero attached hydrogens (tertiary/aromatic N) is 5. The summed E-state index contributed by atoms with van der Waals surface area (Å²) in [6.07, 6.45) is 3.07. The minimum absolute atomic E-state index is 0.211. The third-order valence-electron chi connectivity index (χ3n) is 4.65. The van der Waals surface area contributed by atoms with Crippen molar-refractivity contribution in [1.29, 1.82) is 0 Å². The van der Waals surface area contributed by atoms with Crippen molar-refractivity contribution in [2.24, 2.45) is 0 Å². The highest BCUT2D eigenvalue weighted by molar-refractivity contribution is 6.32. The highest BCUT2D eigenvalue weighted by Gasteiger charge is 2.23. The molecular weight excluding hydrogens is 381 g/mol. The Hall–Kier alpha value is -3.13. The first-order valence-corrected chi connectivity index (χ1v) is 9.23. The van der Waals surface area contributed by atoms with E-state index in [0.717, 1.165) is 0 Å². The van der Waals surface area contributed by atoms with Gasteiger partial charge in [-0.25, -0.2) is 19.3 Å². The van der Waals surface area contributed by atoms with Crippen molar-refractivity contribution in [3.05, 3.63) is 59.9 Å². The SMILES string of the molecule is Nc1c(Nc2cccnc2Cl)ncnc1N1CCN(c2ccccc2F)CC1. The number of piperazine rings is 1. The van der Waals surface area contributed by atoms with E-state index in [1.807, 2.05) is 11.0 Å². The van der Waals surface area contributed by atoms with Crippen LogP contribution in [0.15, 0.2) is 48.9 Å². The van der Waals surface area contributed by atoms with Crippen LogP contribution in [-0.4, -0.2) is 41.1 Å². The van der Waals surface area contributed by atoms with E-state index in [-0.39, 0.29) is 5.82 Å². The number of nitrogen functional groups attached to an aromatic ring is 1. The van der Waals surface area contributed by atoms with Crippen molar-refractivity contribution in [2.45, 2.75) is 0 Å². The first-order chi connectivity index (χ1) is 13.6. The summed E-state index contributed by atoms with van der Waals surface area (Å²) in [4.78, 5) is 16.7. The Morgan fingerprint density at radius 2 is 1.71 bits per heavy atom. The summed E-state index contributed by atoms with van der Waals surface area (Å²) in [6.45, 7) is 2.68. The van der Waals surface area contributed by atoms with Crippen LogP contribution in [0.5, 0.6) is 0 Å².